The summed E-state index contributed by atoms with van der Waals surface area (Å²) in [4.78, 5) is 31.7. The van der Waals surface area contributed by atoms with Crippen LogP contribution in [0.3, 0.4) is 0 Å². The number of pyridine rings is 1. The molecule has 0 radical (unpaired) electrons. The highest BCUT2D eigenvalue weighted by Crippen LogP contribution is 2.34. The first-order valence-electron chi connectivity index (χ1n) is 15.2. The number of nitrogens with two attached hydrogens (primary N) is 3. The largest absolute Gasteiger partial charge is 0.481 e. The first-order chi connectivity index (χ1) is 22.0. The Morgan fingerprint density at radius 2 is 2.02 bits per heavy atom. The second-order valence-electron chi connectivity index (χ2n) is 11.7. The monoisotopic (exact) mass is 640 g/mol. The molecule has 4 heterocycles. The summed E-state index contributed by atoms with van der Waals surface area (Å²) in [5.41, 5.74) is 20.8. The van der Waals surface area contributed by atoms with E-state index in [0.717, 1.165) is 18.4 Å². The van der Waals surface area contributed by atoms with Crippen LogP contribution < -0.4 is 32.2 Å². The lowest BCUT2D eigenvalue weighted by Gasteiger charge is -2.42. The number of ether oxygens (including phenoxy) is 1. The van der Waals surface area contributed by atoms with Gasteiger partial charge in [-0.3, -0.25) is 9.78 Å². The van der Waals surface area contributed by atoms with Crippen LogP contribution >= 0.6 is 0 Å². The highest BCUT2D eigenvalue weighted by Gasteiger charge is 2.35. The first-order valence-corrected chi connectivity index (χ1v) is 15.2. The minimum Gasteiger partial charge on any atom is -0.481 e. The lowest BCUT2D eigenvalue weighted by atomic mass is 9.86. The van der Waals surface area contributed by atoms with Crippen LogP contribution in [-0.2, 0) is 11.3 Å². The van der Waals surface area contributed by atoms with Gasteiger partial charge in [-0.05, 0) is 49.1 Å². The number of rotatable bonds is 13. The van der Waals surface area contributed by atoms with E-state index in [1.165, 1.54) is 18.5 Å². The number of carbonyl (C=O) groups excluding carboxylic acids is 1. The zero-order valence-electron chi connectivity index (χ0n) is 25.6. The smallest absolute Gasteiger partial charge is 0.259 e. The Kier molecular flexibility index (Phi) is 10.2. The summed E-state index contributed by atoms with van der Waals surface area (Å²) >= 11 is 0. The fourth-order valence-corrected chi connectivity index (χ4v) is 5.76. The first kappa shape index (κ1) is 32.9. The van der Waals surface area contributed by atoms with Crippen LogP contribution in [0, 0.1) is 5.82 Å². The Hall–Kier alpha value is -4.50. The maximum Gasteiger partial charge on any atom is 0.259 e. The number of nitrogen functional groups attached to an aromatic ring is 1. The van der Waals surface area contributed by atoms with Gasteiger partial charge in [-0.15, -0.1) is 0 Å². The third-order valence-corrected chi connectivity index (χ3v) is 8.05. The van der Waals surface area contributed by atoms with Gasteiger partial charge in [0.25, 0.3) is 5.91 Å². The van der Waals surface area contributed by atoms with E-state index in [2.05, 4.69) is 25.3 Å². The molecule has 5 rings (SSSR count). The van der Waals surface area contributed by atoms with Gasteiger partial charge >= 0.3 is 0 Å². The fraction of sp³-hybridized carbons (Fsp3) is 0.452. The van der Waals surface area contributed by atoms with Crippen LogP contribution in [0.4, 0.5) is 24.7 Å². The number of amides is 1. The number of nitrogens with zero attached hydrogens (tertiary/aromatic N) is 6. The van der Waals surface area contributed by atoms with Crippen molar-refractivity contribution in [2.24, 2.45) is 11.5 Å². The summed E-state index contributed by atoms with van der Waals surface area (Å²) in [5.74, 6) is -0.978. The summed E-state index contributed by atoms with van der Waals surface area (Å²) in [7, 11) is 0. The molecule has 0 aliphatic carbocycles. The van der Waals surface area contributed by atoms with Gasteiger partial charge in [0, 0.05) is 30.6 Å². The molecule has 3 aromatic heterocycles. The molecule has 1 aromatic carbocycles. The van der Waals surface area contributed by atoms with Crippen LogP contribution in [0.15, 0.2) is 43.1 Å². The second-order valence-corrected chi connectivity index (χ2v) is 11.7. The number of fused-ring (bicyclic) bond motifs is 1. The van der Waals surface area contributed by atoms with Gasteiger partial charge in [-0.25, -0.2) is 28.1 Å². The van der Waals surface area contributed by atoms with Crippen LogP contribution in [0.2, 0.25) is 0 Å². The van der Waals surface area contributed by atoms with Gasteiger partial charge in [0.1, 0.15) is 11.8 Å². The van der Waals surface area contributed by atoms with Crippen molar-refractivity contribution in [2.75, 3.05) is 30.3 Å². The quantitative estimate of drug-likeness (QED) is 0.158. The van der Waals surface area contributed by atoms with E-state index < -0.39 is 42.9 Å². The zero-order valence-corrected chi connectivity index (χ0v) is 25.6. The van der Waals surface area contributed by atoms with Crippen LogP contribution in [0.5, 0.6) is 5.75 Å². The van der Waals surface area contributed by atoms with E-state index in [1.807, 2.05) is 17.9 Å². The third-order valence-electron chi connectivity index (χ3n) is 8.05. The lowest BCUT2D eigenvalue weighted by Crippen LogP contribution is -2.55. The SMILES string of the molecule is CCCC[C@@H](N)NC(=O)COc1cc(-c2cc(Cn3cnc4c(N)ncnc43)c(N3CCC[C@](N)(CC(F)F)C3)cn2)ccc1F. The molecule has 0 bridgehead atoms. The van der Waals surface area contributed by atoms with E-state index in [0.29, 0.717) is 53.9 Å². The van der Waals surface area contributed by atoms with Crippen LogP contribution in [0.1, 0.15) is 51.0 Å². The Balaban J connectivity index is 1.44. The van der Waals surface area contributed by atoms with Crippen LogP contribution in [-0.4, -0.2) is 68.2 Å². The summed E-state index contributed by atoms with van der Waals surface area (Å²) in [5, 5.41) is 2.65. The predicted octanol–water partition coefficient (Wildman–Crippen LogP) is 3.58. The average Bonchev–Trinajstić information content (AvgIpc) is 3.42. The van der Waals surface area contributed by atoms with Gasteiger partial charge in [0.2, 0.25) is 6.43 Å². The zero-order chi connectivity index (χ0) is 32.8. The number of carbonyl (C=O) groups is 1. The molecule has 46 heavy (non-hydrogen) atoms. The molecule has 1 fully saturated rings. The topological polar surface area (TPSA) is 176 Å². The maximum atomic E-state index is 14.7. The minimum absolute atomic E-state index is 0.120. The normalized spacial score (nSPS) is 17.4. The molecule has 1 aliphatic heterocycles. The van der Waals surface area contributed by atoms with Gasteiger partial charge in [-0.2, -0.15) is 0 Å². The molecule has 0 unspecified atom stereocenters. The van der Waals surface area contributed by atoms with Crippen molar-refractivity contribution in [1.29, 1.82) is 0 Å². The number of benzene rings is 1. The van der Waals surface area contributed by atoms with Crippen molar-refractivity contribution < 1.29 is 22.7 Å². The molecular weight excluding hydrogens is 601 g/mol. The lowest BCUT2D eigenvalue weighted by molar-refractivity contribution is -0.123. The molecule has 15 heteroatoms. The number of nitrogens with one attached hydrogen (secondary N) is 1. The van der Waals surface area contributed by atoms with Gasteiger partial charge in [0.05, 0.1) is 36.6 Å². The molecule has 1 saturated heterocycles. The molecule has 1 aliphatic rings. The molecular formula is C31H39F3N10O2. The number of anilines is 2. The van der Waals surface area contributed by atoms with Crippen molar-refractivity contribution in [1.82, 2.24) is 29.8 Å². The minimum atomic E-state index is -2.52. The van der Waals surface area contributed by atoms with Crippen molar-refractivity contribution in [3.05, 3.63) is 54.5 Å². The van der Waals surface area contributed by atoms with E-state index in [9.17, 15) is 18.0 Å². The van der Waals surface area contributed by atoms with Gasteiger partial charge in [0.15, 0.2) is 29.6 Å². The molecule has 0 spiro atoms. The van der Waals surface area contributed by atoms with E-state index in [4.69, 9.17) is 21.9 Å². The number of hydrogen-bond acceptors (Lipinski definition) is 10. The maximum absolute atomic E-state index is 14.7. The number of piperidine rings is 1. The highest BCUT2D eigenvalue weighted by atomic mass is 19.3. The van der Waals surface area contributed by atoms with E-state index in [1.54, 1.807) is 23.2 Å². The number of alkyl halides is 2. The molecule has 12 nitrogen and oxygen atoms in total. The molecule has 1 amide bonds. The average molecular weight is 641 g/mol. The van der Waals surface area contributed by atoms with Crippen molar-refractivity contribution in [3.8, 4) is 17.0 Å². The van der Waals surface area contributed by atoms with Crippen molar-refractivity contribution in [3.63, 3.8) is 0 Å². The number of hydrogen-bond donors (Lipinski definition) is 4. The Morgan fingerprint density at radius 1 is 1.20 bits per heavy atom. The van der Waals surface area contributed by atoms with Crippen molar-refractivity contribution >= 4 is 28.6 Å². The molecule has 0 saturated carbocycles. The standard InChI is InChI=1S/C31H39F3N10O2/c1-2-3-5-26(35)42-27(45)15-46-24-11-19(6-7-21(24)32)22-10-20(14-44-18-41-28-29(36)39-17-40-30(28)44)23(13-38-22)43-9-4-8-31(37,16-43)12-25(33)34/h6-7,10-11,13,17-18,25-26H,2-5,8-9,12,14-16,35,37H2,1H3,(H,42,45)(H2,36,39,40)/t26-,31-/m0/s1. The molecule has 4 aromatic rings. The number of imidazole rings is 1. The number of unbranched alkanes of at least 4 members (excludes halogenated alkanes) is 1. The summed E-state index contributed by atoms with van der Waals surface area (Å²) in [6.45, 7) is 2.73. The fourth-order valence-electron chi connectivity index (χ4n) is 5.76. The Bertz CT molecular complexity index is 1670. The summed E-state index contributed by atoms with van der Waals surface area (Å²) < 4.78 is 48.9. The Morgan fingerprint density at radius 3 is 2.80 bits per heavy atom. The van der Waals surface area contributed by atoms with Crippen LogP contribution in [0.25, 0.3) is 22.4 Å². The summed E-state index contributed by atoms with van der Waals surface area (Å²) in [6, 6.07) is 6.11. The van der Waals surface area contributed by atoms with Crippen molar-refractivity contribution in [2.45, 2.75) is 70.1 Å². The second kappa shape index (κ2) is 14.3. The third kappa shape index (κ3) is 7.83. The van der Waals surface area contributed by atoms with E-state index in [-0.39, 0.29) is 24.7 Å². The number of aromatic nitrogens is 5. The molecule has 246 valence electrons. The van der Waals surface area contributed by atoms with Gasteiger partial charge in [-0.1, -0.05) is 19.8 Å². The predicted molar refractivity (Wildman–Crippen MR) is 169 cm³/mol. The Labute approximate surface area is 264 Å². The van der Waals surface area contributed by atoms with Gasteiger partial charge < -0.3 is 36.7 Å². The van der Waals surface area contributed by atoms with E-state index >= 15 is 0 Å². The molecule has 7 N–H and O–H groups in total. The highest BCUT2D eigenvalue weighted by molar-refractivity contribution is 5.81. The number of halogens is 3. The summed E-state index contributed by atoms with van der Waals surface area (Å²) in [6.07, 6.45) is 4.73. The molecule has 2 atom stereocenters.